The van der Waals surface area contributed by atoms with E-state index in [1.807, 2.05) is 0 Å². The molecule has 1 aliphatic heterocycles. The van der Waals surface area contributed by atoms with Crippen LogP contribution in [0.15, 0.2) is 0 Å². The summed E-state index contributed by atoms with van der Waals surface area (Å²) >= 11 is 0. The van der Waals surface area contributed by atoms with Gasteiger partial charge in [0.2, 0.25) is 0 Å². The van der Waals surface area contributed by atoms with Crippen LogP contribution in [0.4, 0.5) is 0 Å². The first-order valence-corrected chi connectivity index (χ1v) is 7.52. The second-order valence-electron chi connectivity index (χ2n) is 5.69. The number of unbranched alkanes of at least 4 members (excludes halogenated alkanes) is 2. The van der Waals surface area contributed by atoms with Gasteiger partial charge in [0.15, 0.2) is 0 Å². The van der Waals surface area contributed by atoms with Gasteiger partial charge in [0.1, 0.15) is 0 Å². The summed E-state index contributed by atoms with van der Waals surface area (Å²) in [6.45, 7) is 9.60. The molecule has 0 saturated carbocycles. The molecule has 0 bridgehead atoms. The van der Waals surface area contributed by atoms with Gasteiger partial charge in [-0.2, -0.15) is 0 Å². The van der Waals surface area contributed by atoms with E-state index >= 15 is 0 Å². The van der Waals surface area contributed by atoms with E-state index in [1.54, 1.807) is 0 Å². The van der Waals surface area contributed by atoms with Crippen molar-refractivity contribution in [3.63, 3.8) is 0 Å². The van der Waals surface area contributed by atoms with Crippen LogP contribution in [0.2, 0.25) is 0 Å². The molecule has 108 valence electrons. The fourth-order valence-electron chi connectivity index (χ4n) is 2.50. The van der Waals surface area contributed by atoms with Crippen molar-refractivity contribution in [3.05, 3.63) is 0 Å². The highest BCUT2D eigenvalue weighted by atomic mass is 15.3. The van der Waals surface area contributed by atoms with Crippen molar-refractivity contribution in [1.29, 1.82) is 0 Å². The van der Waals surface area contributed by atoms with Gasteiger partial charge < -0.3 is 20.4 Å². The Bertz CT molecular complexity index is 188. The molecule has 1 heterocycles. The van der Waals surface area contributed by atoms with Gasteiger partial charge in [-0.25, -0.2) is 0 Å². The number of piperazine rings is 1. The van der Waals surface area contributed by atoms with E-state index in [1.165, 1.54) is 71.5 Å². The Morgan fingerprint density at radius 2 is 1.39 bits per heavy atom. The lowest BCUT2D eigenvalue weighted by molar-refractivity contribution is 0.127. The molecule has 0 aromatic rings. The smallest absolute Gasteiger partial charge is 0.0110 e. The standard InChI is InChI=1S/C14H32N4/c1-16(2)8-6-10-18-13-11-17(12-14-18)9-5-3-4-7-15/h3-15H2,1-2H3. The van der Waals surface area contributed by atoms with Crippen LogP contribution in [0.5, 0.6) is 0 Å². The summed E-state index contributed by atoms with van der Waals surface area (Å²) in [5.74, 6) is 0. The van der Waals surface area contributed by atoms with Crippen LogP contribution in [0.3, 0.4) is 0 Å². The predicted molar refractivity (Wildman–Crippen MR) is 79.0 cm³/mol. The summed E-state index contributed by atoms with van der Waals surface area (Å²) in [7, 11) is 4.30. The Hall–Kier alpha value is -0.160. The van der Waals surface area contributed by atoms with Crippen molar-refractivity contribution in [2.24, 2.45) is 5.73 Å². The number of hydrogen-bond acceptors (Lipinski definition) is 4. The third-order valence-electron chi connectivity index (χ3n) is 3.72. The largest absolute Gasteiger partial charge is 0.330 e. The maximum Gasteiger partial charge on any atom is 0.0110 e. The van der Waals surface area contributed by atoms with E-state index in [2.05, 4.69) is 28.8 Å². The molecule has 4 nitrogen and oxygen atoms in total. The lowest BCUT2D eigenvalue weighted by Crippen LogP contribution is -2.47. The highest BCUT2D eigenvalue weighted by molar-refractivity contribution is 4.72. The molecule has 0 atom stereocenters. The minimum Gasteiger partial charge on any atom is -0.330 e. The van der Waals surface area contributed by atoms with E-state index in [0.717, 1.165) is 6.54 Å². The molecule has 18 heavy (non-hydrogen) atoms. The van der Waals surface area contributed by atoms with E-state index in [0.29, 0.717) is 0 Å². The van der Waals surface area contributed by atoms with Crippen molar-refractivity contribution in [3.8, 4) is 0 Å². The van der Waals surface area contributed by atoms with E-state index < -0.39 is 0 Å². The molecule has 2 N–H and O–H groups in total. The zero-order valence-electron chi connectivity index (χ0n) is 12.4. The molecule has 1 saturated heterocycles. The highest BCUT2D eigenvalue weighted by Gasteiger charge is 2.15. The molecule has 4 heteroatoms. The summed E-state index contributed by atoms with van der Waals surface area (Å²) in [5, 5.41) is 0. The van der Waals surface area contributed by atoms with Crippen LogP contribution in [0.1, 0.15) is 25.7 Å². The highest BCUT2D eigenvalue weighted by Crippen LogP contribution is 2.05. The number of nitrogens with two attached hydrogens (primary N) is 1. The molecule has 0 unspecified atom stereocenters. The van der Waals surface area contributed by atoms with Gasteiger partial charge in [0.25, 0.3) is 0 Å². The topological polar surface area (TPSA) is 35.7 Å². The van der Waals surface area contributed by atoms with E-state index in [9.17, 15) is 0 Å². The van der Waals surface area contributed by atoms with Gasteiger partial charge >= 0.3 is 0 Å². The minimum absolute atomic E-state index is 0.847. The van der Waals surface area contributed by atoms with Crippen LogP contribution in [-0.2, 0) is 0 Å². The average molecular weight is 256 g/mol. The molecular weight excluding hydrogens is 224 g/mol. The Labute approximate surface area is 113 Å². The van der Waals surface area contributed by atoms with Gasteiger partial charge in [-0.1, -0.05) is 6.42 Å². The molecule has 0 radical (unpaired) electrons. The third kappa shape index (κ3) is 7.31. The fraction of sp³-hybridized carbons (Fsp3) is 1.00. The molecule has 0 aromatic heterocycles. The lowest BCUT2D eigenvalue weighted by Gasteiger charge is -2.34. The van der Waals surface area contributed by atoms with Crippen LogP contribution >= 0.6 is 0 Å². The second-order valence-corrected chi connectivity index (χ2v) is 5.69. The van der Waals surface area contributed by atoms with Crippen molar-refractivity contribution < 1.29 is 0 Å². The summed E-state index contributed by atoms with van der Waals surface area (Å²) in [5.41, 5.74) is 5.51. The zero-order valence-corrected chi connectivity index (χ0v) is 12.4. The quantitative estimate of drug-likeness (QED) is 0.616. The molecule has 0 amide bonds. The normalized spacial score (nSPS) is 18.7. The van der Waals surface area contributed by atoms with Crippen LogP contribution in [0.25, 0.3) is 0 Å². The summed E-state index contributed by atoms with van der Waals surface area (Å²) in [6, 6.07) is 0. The minimum atomic E-state index is 0.847. The van der Waals surface area contributed by atoms with Crippen molar-refractivity contribution in [2.75, 3.05) is 66.5 Å². The van der Waals surface area contributed by atoms with E-state index in [4.69, 9.17) is 5.73 Å². The van der Waals surface area contributed by atoms with Gasteiger partial charge in [-0.15, -0.1) is 0 Å². The summed E-state index contributed by atoms with van der Waals surface area (Å²) in [6.07, 6.45) is 5.09. The molecule has 0 spiro atoms. The Morgan fingerprint density at radius 1 is 0.833 bits per heavy atom. The van der Waals surface area contributed by atoms with E-state index in [-0.39, 0.29) is 0 Å². The maximum absolute atomic E-state index is 5.51. The molecule has 1 aliphatic rings. The number of nitrogens with zero attached hydrogens (tertiary/aromatic N) is 3. The van der Waals surface area contributed by atoms with Crippen molar-refractivity contribution in [1.82, 2.24) is 14.7 Å². The first-order chi connectivity index (χ1) is 8.72. The van der Waals surface area contributed by atoms with Gasteiger partial charge in [-0.05, 0) is 59.5 Å². The third-order valence-corrected chi connectivity index (χ3v) is 3.72. The monoisotopic (exact) mass is 256 g/mol. The Morgan fingerprint density at radius 3 is 1.89 bits per heavy atom. The predicted octanol–water partition coefficient (Wildman–Crippen LogP) is 0.685. The number of hydrogen-bond donors (Lipinski definition) is 1. The van der Waals surface area contributed by atoms with Crippen molar-refractivity contribution >= 4 is 0 Å². The Balaban J connectivity index is 1.98. The van der Waals surface area contributed by atoms with Crippen LogP contribution in [-0.4, -0.2) is 81.2 Å². The molecule has 1 rings (SSSR count). The summed E-state index contributed by atoms with van der Waals surface area (Å²) < 4.78 is 0. The molecule has 0 aromatic carbocycles. The van der Waals surface area contributed by atoms with Crippen molar-refractivity contribution in [2.45, 2.75) is 25.7 Å². The molecule has 1 fully saturated rings. The second kappa shape index (κ2) is 9.73. The maximum atomic E-state index is 5.51. The SMILES string of the molecule is CN(C)CCCN1CCN(CCCCCN)CC1. The first kappa shape index (κ1) is 15.9. The Kier molecular flexibility index (Phi) is 8.59. The van der Waals surface area contributed by atoms with Crippen LogP contribution < -0.4 is 5.73 Å². The van der Waals surface area contributed by atoms with Gasteiger partial charge in [0.05, 0.1) is 0 Å². The number of rotatable bonds is 9. The lowest BCUT2D eigenvalue weighted by atomic mass is 10.2. The first-order valence-electron chi connectivity index (χ1n) is 7.52. The summed E-state index contributed by atoms with van der Waals surface area (Å²) in [4.78, 5) is 7.49. The molecule has 0 aliphatic carbocycles. The van der Waals surface area contributed by atoms with Gasteiger partial charge in [0, 0.05) is 26.2 Å². The van der Waals surface area contributed by atoms with Crippen LogP contribution in [0, 0.1) is 0 Å². The fourth-order valence-corrected chi connectivity index (χ4v) is 2.50. The average Bonchev–Trinajstić information content (AvgIpc) is 2.36. The van der Waals surface area contributed by atoms with Gasteiger partial charge in [-0.3, -0.25) is 0 Å². The zero-order chi connectivity index (χ0) is 13.2. The molecular formula is C14H32N4.